The molecule has 8 nitrogen and oxygen atoms in total. The molecule has 0 aromatic heterocycles. The maximum Gasteiger partial charge on any atom is 0.268 e. The lowest BCUT2D eigenvalue weighted by Crippen LogP contribution is -2.45. The van der Waals surface area contributed by atoms with Gasteiger partial charge >= 0.3 is 0 Å². The number of likely N-dealkylation sites (N-methyl/N-ethyl adjacent to an activating group) is 1. The number of unbranched alkanes of at least 4 members (excludes halogenated alkanes) is 24. The SMILES string of the molecule is CCCCCCCCCCCCCCCC/C=C/[C@@H](O)[C@H](COP(=O)([O-])OCC[N+](C)(C)C)NC(=O)CCCCCCCCCCCCC. The van der Waals surface area contributed by atoms with Crippen molar-refractivity contribution in [3.05, 3.63) is 12.2 Å². The van der Waals surface area contributed by atoms with Crippen LogP contribution in [0.2, 0.25) is 0 Å². The first-order valence-corrected chi connectivity index (χ1v) is 22.0. The van der Waals surface area contributed by atoms with E-state index in [9.17, 15) is 19.4 Å². The number of nitrogens with zero attached hydrogens (tertiary/aromatic N) is 1. The Morgan fingerprint density at radius 3 is 1.53 bits per heavy atom. The number of hydrogen-bond acceptors (Lipinski definition) is 6. The first-order chi connectivity index (χ1) is 23.5. The molecule has 0 spiro atoms. The normalized spacial score (nSPS) is 14.7. The van der Waals surface area contributed by atoms with Crippen molar-refractivity contribution in [3.8, 4) is 0 Å². The fourth-order valence-corrected chi connectivity index (χ4v) is 6.64. The number of carbonyl (C=O) groups excluding carboxylic acids is 1. The predicted molar refractivity (Wildman–Crippen MR) is 205 cm³/mol. The summed E-state index contributed by atoms with van der Waals surface area (Å²) in [5.74, 6) is -0.198. The van der Waals surface area contributed by atoms with Gasteiger partial charge in [0.05, 0.1) is 39.9 Å². The Labute approximate surface area is 303 Å². The molecule has 2 N–H and O–H groups in total. The highest BCUT2D eigenvalue weighted by molar-refractivity contribution is 7.45. The van der Waals surface area contributed by atoms with E-state index >= 15 is 0 Å². The molecule has 292 valence electrons. The zero-order valence-electron chi connectivity index (χ0n) is 32.9. The lowest BCUT2D eigenvalue weighted by Gasteiger charge is -2.29. The van der Waals surface area contributed by atoms with Crippen molar-refractivity contribution in [1.29, 1.82) is 0 Å². The summed E-state index contributed by atoms with van der Waals surface area (Å²) in [6.07, 6.45) is 35.3. The average molecular weight is 717 g/mol. The van der Waals surface area contributed by atoms with Gasteiger partial charge in [0.2, 0.25) is 5.91 Å². The number of carbonyl (C=O) groups is 1. The molecule has 0 radical (unpaired) electrons. The summed E-state index contributed by atoms with van der Waals surface area (Å²) in [4.78, 5) is 25.2. The Morgan fingerprint density at radius 1 is 0.694 bits per heavy atom. The zero-order chi connectivity index (χ0) is 36.5. The van der Waals surface area contributed by atoms with Gasteiger partial charge in [0, 0.05) is 6.42 Å². The van der Waals surface area contributed by atoms with Gasteiger partial charge in [-0.3, -0.25) is 9.36 Å². The van der Waals surface area contributed by atoms with Gasteiger partial charge in [0.25, 0.3) is 7.82 Å². The number of nitrogens with one attached hydrogen (secondary N) is 1. The van der Waals surface area contributed by atoms with Crippen molar-refractivity contribution >= 4 is 13.7 Å². The third kappa shape index (κ3) is 35.4. The average Bonchev–Trinajstić information content (AvgIpc) is 3.04. The van der Waals surface area contributed by atoms with E-state index in [1.54, 1.807) is 6.08 Å². The van der Waals surface area contributed by atoms with Crippen molar-refractivity contribution in [1.82, 2.24) is 5.32 Å². The molecule has 1 unspecified atom stereocenters. The van der Waals surface area contributed by atoms with E-state index in [-0.39, 0.29) is 19.1 Å². The van der Waals surface area contributed by atoms with Crippen LogP contribution in [-0.2, 0) is 18.4 Å². The summed E-state index contributed by atoms with van der Waals surface area (Å²) in [5, 5.41) is 13.7. The summed E-state index contributed by atoms with van der Waals surface area (Å²) in [5.41, 5.74) is 0. The van der Waals surface area contributed by atoms with Gasteiger partial charge in [-0.25, -0.2) is 0 Å². The lowest BCUT2D eigenvalue weighted by atomic mass is 10.0. The van der Waals surface area contributed by atoms with E-state index in [0.717, 1.165) is 38.5 Å². The van der Waals surface area contributed by atoms with Crippen LogP contribution in [0.25, 0.3) is 0 Å². The molecule has 0 aromatic rings. The van der Waals surface area contributed by atoms with Gasteiger partial charge in [0.1, 0.15) is 13.2 Å². The molecule has 1 amide bonds. The molecule has 0 fully saturated rings. The highest BCUT2D eigenvalue weighted by Gasteiger charge is 2.23. The Balaban J connectivity index is 4.46. The summed E-state index contributed by atoms with van der Waals surface area (Å²) in [7, 11) is 1.27. The van der Waals surface area contributed by atoms with Gasteiger partial charge in [-0.05, 0) is 19.3 Å². The highest BCUT2D eigenvalue weighted by Crippen LogP contribution is 2.38. The number of aliphatic hydroxyl groups excluding tert-OH is 1. The minimum Gasteiger partial charge on any atom is -0.756 e. The van der Waals surface area contributed by atoms with E-state index < -0.39 is 20.0 Å². The van der Waals surface area contributed by atoms with Crippen molar-refractivity contribution in [2.75, 3.05) is 40.9 Å². The first-order valence-electron chi connectivity index (χ1n) is 20.6. The summed E-state index contributed by atoms with van der Waals surface area (Å²) < 4.78 is 23.1. The van der Waals surface area contributed by atoms with Crippen molar-refractivity contribution in [3.63, 3.8) is 0 Å². The predicted octanol–water partition coefficient (Wildman–Crippen LogP) is 10.2. The molecule has 0 saturated carbocycles. The molecular weight excluding hydrogens is 635 g/mol. The van der Waals surface area contributed by atoms with Crippen LogP contribution in [-0.4, -0.2) is 68.5 Å². The smallest absolute Gasteiger partial charge is 0.268 e. The van der Waals surface area contributed by atoms with Crippen LogP contribution in [0.5, 0.6) is 0 Å². The summed E-state index contributed by atoms with van der Waals surface area (Å²) in [6, 6.07) is -0.878. The molecule has 0 heterocycles. The molecule has 9 heteroatoms. The summed E-state index contributed by atoms with van der Waals surface area (Å²) in [6.45, 7) is 4.63. The minimum absolute atomic E-state index is 0.00180. The third-order valence-electron chi connectivity index (χ3n) is 9.25. The third-order valence-corrected chi connectivity index (χ3v) is 10.2. The fraction of sp³-hybridized carbons (Fsp3) is 0.925. The van der Waals surface area contributed by atoms with Crippen molar-refractivity contribution < 1.29 is 32.9 Å². The molecule has 3 atom stereocenters. The van der Waals surface area contributed by atoms with Gasteiger partial charge in [-0.1, -0.05) is 174 Å². The van der Waals surface area contributed by atoms with Gasteiger partial charge in [-0.15, -0.1) is 0 Å². The second kappa shape index (κ2) is 33.1. The number of amides is 1. The number of hydrogen-bond donors (Lipinski definition) is 2. The van der Waals surface area contributed by atoms with E-state index in [0.29, 0.717) is 17.4 Å². The van der Waals surface area contributed by atoms with Crippen LogP contribution in [0.1, 0.15) is 187 Å². The number of phosphoric acid groups is 1. The van der Waals surface area contributed by atoms with Crippen molar-refractivity contribution in [2.24, 2.45) is 0 Å². The number of quaternary nitrogens is 1. The Morgan fingerprint density at radius 2 is 1.10 bits per heavy atom. The molecule has 0 aliphatic heterocycles. The molecule has 0 saturated heterocycles. The fourth-order valence-electron chi connectivity index (χ4n) is 5.92. The van der Waals surface area contributed by atoms with E-state index in [1.165, 1.54) is 128 Å². The first kappa shape index (κ1) is 48.2. The maximum absolute atomic E-state index is 12.8. The van der Waals surface area contributed by atoms with Crippen LogP contribution in [0.3, 0.4) is 0 Å². The van der Waals surface area contributed by atoms with Crippen molar-refractivity contribution in [2.45, 2.75) is 199 Å². The largest absolute Gasteiger partial charge is 0.756 e. The molecule has 0 bridgehead atoms. The lowest BCUT2D eigenvalue weighted by molar-refractivity contribution is -0.870. The molecule has 0 aromatic carbocycles. The quantitative estimate of drug-likeness (QED) is 0.0287. The molecule has 49 heavy (non-hydrogen) atoms. The molecule has 0 aliphatic rings. The Hall–Kier alpha value is -0.760. The Kier molecular flexibility index (Phi) is 32.6. The van der Waals surface area contributed by atoms with Crippen LogP contribution in [0, 0.1) is 0 Å². The topological polar surface area (TPSA) is 108 Å². The second-order valence-electron chi connectivity index (χ2n) is 15.4. The highest BCUT2D eigenvalue weighted by atomic mass is 31.2. The van der Waals surface area contributed by atoms with Gasteiger partial charge in [0.15, 0.2) is 0 Å². The number of phosphoric ester groups is 1. The monoisotopic (exact) mass is 717 g/mol. The number of rotatable bonds is 37. The van der Waals surface area contributed by atoms with Crippen LogP contribution < -0.4 is 10.2 Å². The van der Waals surface area contributed by atoms with Gasteiger partial charge < -0.3 is 28.8 Å². The minimum atomic E-state index is -4.57. The zero-order valence-corrected chi connectivity index (χ0v) is 33.8. The van der Waals surface area contributed by atoms with Crippen LogP contribution >= 0.6 is 7.82 Å². The standard InChI is InChI=1S/C40H81N2O6P/c1-6-8-10-12-14-16-18-19-20-21-22-24-25-27-29-31-33-39(43)38(37-48-49(45,46)47-36-35-42(3,4)5)41-40(44)34-32-30-28-26-23-17-15-13-11-9-7-2/h31,33,38-39,43H,6-30,32,34-37H2,1-5H3,(H-,41,44,45,46)/b33-31+/t38-,39+/m0/s1. The van der Waals surface area contributed by atoms with Crippen LogP contribution in [0.4, 0.5) is 0 Å². The summed E-state index contributed by atoms with van der Waals surface area (Å²) >= 11 is 0. The van der Waals surface area contributed by atoms with E-state index in [2.05, 4.69) is 19.2 Å². The van der Waals surface area contributed by atoms with Gasteiger partial charge in [-0.2, -0.15) is 0 Å². The van der Waals surface area contributed by atoms with E-state index in [4.69, 9.17) is 9.05 Å². The molecular formula is C40H81N2O6P. The number of allylic oxidation sites excluding steroid dienone is 1. The molecule has 0 rings (SSSR count). The Bertz CT molecular complexity index is 819. The molecule has 0 aliphatic carbocycles. The maximum atomic E-state index is 12.8. The van der Waals surface area contributed by atoms with Crippen LogP contribution in [0.15, 0.2) is 12.2 Å². The second-order valence-corrected chi connectivity index (χ2v) is 16.8. The van der Waals surface area contributed by atoms with E-state index in [1.807, 2.05) is 27.2 Å². The number of aliphatic hydroxyl groups is 1.